The Bertz CT molecular complexity index is 985. The van der Waals surface area contributed by atoms with Crippen molar-refractivity contribution in [3.8, 4) is 0 Å². The topological polar surface area (TPSA) is 65.5 Å². The van der Waals surface area contributed by atoms with Crippen LogP contribution in [0, 0.1) is 0 Å². The molecular weight excluding hydrogens is 364 g/mol. The lowest BCUT2D eigenvalue weighted by atomic mass is 10.1. The van der Waals surface area contributed by atoms with Gasteiger partial charge in [-0.2, -0.15) is 0 Å². The molecule has 0 radical (unpaired) electrons. The minimum atomic E-state index is -0.358. The van der Waals surface area contributed by atoms with Gasteiger partial charge in [0.05, 0.1) is 0 Å². The van der Waals surface area contributed by atoms with Crippen LogP contribution in [-0.2, 0) is 6.54 Å². The van der Waals surface area contributed by atoms with Crippen molar-refractivity contribution in [2.24, 2.45) is 0 Å². The van der Waals surface area contributed by atoms with Crippen molar-refractivity contribution >= 4 is 23.2 Å². The maximum Gasteiger partial charge on any atom is 0.274 e. The number of benzene rings is 2. The Morgan fingerprint density at radius 3 is 2.28 bits per heavy atom. The second-order valence-corrected chi connectivity index (χ2v) is 6.97. The summed E-state index contributed by atoms with van der Waals surface area (Å²) in [5.41, 5.74) is 3.36. The lowest BCUT2D eigenvalue weighted by Gasteiger charge is -2.17. The average Bonchev–Trinajstić information content (AvgIpc) is 2.74. The normalized spacial score (nSPS) is 10.3. The van der Waals surface area contributed by atoms with Gasteiger partial charge in [-0.05, 0) is 42.0 Å². The van der Waals surface area contributed by atoms with Gasteiger partial charge in [0, 0.05) is 50.8 Å². The first-order valence-electron chi connectivity index (χ1n) is 9.28. The van der Waals surface area contributed by atoms with Crippen molar-refractivity contribution in [3.63, 3.8) is 0 Å². The number of rotatable bonds is 6. The highest BCUT2D eigenvalue weighted by molar-refractivity contribution is 6.04. The number of nitrogens with zero attached hydrogens (tertiary/aromatic N) is 3. The molecule has 0 fully saturated rings. The molecule has 0 unspecified atom stereocenters. The summed E-state index contributed by atoms with van der Waals surface area (Å²) < 4.78 is 0. The first-order chi connectivity index (χ1) is 13.9. The van der Waals surface area contributed by atoms with E-state index < -0.39 is 0 Å². The van der Waals surface area contributed by atoms with E-state index in [1.807, 2.05) is 73.6 Å². The molecule has 148 valence electrons. The van der Waals surface area contributed by atoms with Gasteiger partial charge in [0.25, 0.3) is 11.8 Å². The van der Waals surface area contributed by atoms with Crippen LogP contribution in [0.2, 0.25) is 0 Å². The van der Waals surface area contributed by atoms with Gasteiger partial charge in [0.15, 0.2) is 0 Å². The molecule has 0 aliphatic heterocycles. The van der Waals surface area contributed by atoms with Gasteiger partial charge in [0.1, 0.15) is 5.69 Å². The van der Waals surface area contributed by atoms with Crippen molar-refractivity contribution in [2.75, 3.05) is 31.4 Å². The third-order valence-electron chi connectivity index (χ3n) is 4.49. The SMILES string of the molecule is CN(Cc1ccccc1)C(=O)c1ccnc(C(=O)Nc2ccc(N(C)C)cc2)c1. The highest BCUT2D eigenvalue weighted by Crippen LogP contribution is 2.16. The molecule has 1 heterocycles. The molecule has 1 aromatic heterocycles. The van der Waals surface area contributed by atoms with Crippen LogP contribution in [0.25, 0.3) is 0 Å². The zero-order valence-corrected chi connectivity index (χ0v) is 16.8. The zero-order chi connectivity index (χ0) is 20.8. The van der Waals surface area contributed by atoms with Crippen LogP contribution < -0.4 is 10.2 Å². The highest BCUT2D eigenvalue weighted by Gasteiger charge is 2.15. The first kappa shape index (κ1) is 20.1. The predicted molar refractivity (Wildman–Crippen MR) is 115 cm³/mol. The van der Waals surface area contributed by atoms with Crippen LogP contribution in [0.3, 0.4) is 0 Å². The van der Waals surface area contributed by atoms with E-state index in [0.29, 0.717) is 17.8 Å². The minimum Gasteiger partial charge on any atom is -0.378 e. The van der Waals surface area contributed by atoms with Gasteiger partial charge in [-0.1, -0.05) is 30.3 Å². The molecule has 2 amide bonds. The second-order valence-electron chi connectivity index (χ2n) is 6.97. The van der Waals surface area contributed by atoms with E-state index in [1.54, 1.807) is 18.0 Å². The number of pyridine rings is 1. The van der Waals surface area contributed by atoms with Gasteiger partial charge >= 0.3 is 0 Å². The second kappa shape index (κ2) is 9.01. The summed E-state index contributed by atoms with van der Waals surface area (Å²) in [5.74, 6) is -0.524. The zero-order valence-electron chi connectivity index (χ0n) is 16.8. The number of aromatic nitrogens is 1. The molecular formula is C23H24N4O2. The molecule has 3 rings (SSSR count). The van der Waals surface area contributed by atoms with Gasteiger partial charge in [-0.15, -0.1) is 0 Å². The number of hydrogen-bond acceptors (Lipinski definition) is 4. The van der Waals surface area contributed by atoms with Crippen molar-refractivity contribution in [3.05, 3.63) is 89.7 Å². The molecule has 0 aliphatic carbocycles. The Kier molecular flexibility index (Phi) is 6.24. The van der Waals surface area contributed by atoms with Crippen LogP contribution in [-0.4, -0.2) is 42.8 Å². The number of carbonyl (C=O) groups excluding carboxylic acids is 2. The standard InChI is InChI=1S/C23H24N4O2/c1-26(2)20-11-9-19(10-12-20)25-22(28)21-15-18(13-14-24-21)23(29)27(3)16-17-7-5-4-6-8-17/h4-15H,16H2,1-3H3,(H,25,28). The molecule has 29 heavy (non-hydrogen) atoms. The molecule has 2 aromatic carbocycles. The molecule has 0 saturated heterocycles. The molecule has 6 nitrogen and oxygen atoms in total. The predicted octanol–water partition coefficient (Wildman–Crippen LogP) is 3.67. The minimum absolute atomic E-state index is 0.166. The van der Waals surface area contributed by atoms with Crippen molar-refractivity contribution in [1.82, 2.24) is 9.88 Å². The summed E-state index contributed by atoms with van der Waals surface area (Å²) >= 11 is 0. The lowest BCUT2D eigenvalue weighted by molar-refractivity contribution is 0.0785. The largest absolute Gasteiger partial charge is 0.378 e. The number of carbonyl (C=O) groups is 2. The summed E-state index contributed by atoms with van der Waals surface area (Å²) in [6.45, 7) is 0.488. The van der Waals surface area contributed by atoms with E-state index in [-0.39, 0.29) is 17.5 Å². The molecule has 6 heteroatoms. The third-order valence-corrected chi connectivity index (χ3v) is 4.49. The molecule has 0 atom stereocenters. The maximum atomic E-state index is 12.7. The molecule has 0 saturated carbocycles. The number of hydrogen-bond donors (Lipinski definition) is 1. The van der Waals surface area contributed by atoms with Gasteiger partial charge in [0.2, 0.25) is 0 Å². The highest BCUT2D eigenvalue weighted by atomic mass is 16.2. The van der Waals surface area contributed by atoms with Gasteiger partial charge in [-0.25, -0.2) is 0 Å². The van der Waals surface area contributed by atoms with E-state index in [4.69, 9.17) is 0 Å². The number of anilines is 2. The fraction of sp³-hybridized carbons (Fsp3) is 0.174. The Balaban J connectivity index is 1.69. The van der Waals surface area contributed by atoms with E-state index in [2.05, 4.69) is 10.3 Å². The van der Waals surface area contributed by atoms with Crippen molar-refractivity contribution in [1.29, 1.82) is 0 Å². The van der Waals surface area contributed by atoms with Crippen molar-refractivity contribution in [2.45, 2.75) is 6.54 Å². The lowest BCUT2D eigenvalue weighted by Crippen LogP contribution is -2.26. The average molecular weight is 388 g/mol. The van der Waals surface area contributed by atoms with Crippen LogP contribution in [0.15, 0.2) is 72.9 Å². The van der Waals surface area contributed by atoms with Crippen LogP contribution in [0.4, 0.5) is 11.4 Å². The van der Waals surface area contributed by atoms with Crippen LogP contribution in [0.1, 0.15) is 26.4 Å². The van der Waals surface area contributed by atoms with E-state index in [0.717, 1.165) is 11.3 Å². The number of nitrogens with one attached hydrogen (secondary N) is 1. The summed E-state index contributed by atoms with van der Waals surface area (Å²) in [5, 5.41) is 2.81. The Hall–Kier alpha value is -3.67. The summed E-state index contributed by atoms with van der Waals surface area (Å²) in [7, 11) is 5.64. The summed E-state index contributed by atoms with van der Waals surface area (Å²) in [4.78, 5) is 33.0. The molecule has 1 N–H and O–H groups in total. The monoisotopic (exact) mass is 388 g/mol. The Morgan fingerprint density at radius 1 is 0.931 bits per heavy atom. The Morgan fingerprint density at radius 2 is 1.62 bits per heavy atom. The molecule has 0 spiro atoms. The summed E-state index contributed by atoms with van der Waals surface area (Å²) in [6, 6.07) is 20.4. The van der Waals surface area contributed by atoms with Gasteiger partial charge in [-0.3, -0.25) is 14.6 Å². The summed E-state index contributed by atoms with van der Waals surface area (Å²) in [6.07, 6.45) is 1.48. The van der Waals surface area contributed by atoms with E-state index in [9.17, 15) is 9.59 Å². The quantitative estimate of drug-likeness (QED) is 0.700. The van der Waals surface area contributed by atoms with Gasteiger partial charge < -0.3 is 15.1 Å². The van der Waals surface area contributed by atoms with E-state index in [1.165, 1.54) is 12.3 Å². The molecule has 0 aliphatic rings. The van der Waals surface area contributed by atoms with Crippen molar-refractivity contribution < 1.29 is 9.59 Å². The maximum absolute atomic E-state index is 12.7. The van der Waals surface area contributed by atoms with E-state index >= 15 is 0 Å². The van der Waals surface area contributed by atoms with Crippen LogP contribution >= 0.6 is 0 Å². The Labute approximate surface area is 170 Å². The fourth-order valence-corrected chi connectivity index (χ4v) is 2.88. The molecule has 0 bridgehead atoms. The number of amides is 2. The fourth-order valence-electron chi connectivity index (χ4n) is 2.88. The van der Waals surface area contributed by atoms with Crippen LogP contribution in [0.5, 0.6) is 0 Å². The third kappa shape index (κ3) is 5.19. The smallest absolute Gasteiger partial charge is 0.274 e. The first-order valence-corrected chi connectivity index (χ1v) is 9.28. The molecule has 3 aromatic rings.